The molecule has 0 spiro atoms. The molecule has 0 bridgehead atoms. The monoisotopic (exact) mass is 289 g/mol. The average molecular weight is 289 g/mol. The highest BCUT2D eigenvalue weighted by Gasteiger charge is 2.26. The molecule has 0 unspecified atom stereocenters. The Morgan fingerprint density at radius 2 is 1.90 bits per heavy atom. The van der Waals surface area contributed by atoms with E-state index in [1.807, 2.05) is 0 Å². The van der Waals surface area contributed by atoms with E-state index in [9.17, 15) is 14.7 Å². The smallest absolute Gasteiger partial charge is 0.320 e. The van der Waals surface area contributed by atoms with Crippen molar-refractivity contribution < 1.29 is 24.2 Å². The van der Waals surface area contributed by atoms with Crippen LogP contribution in [0.5, 0.6) is 0 Å². The third kappa shape index (κ3) is 3.49. The quantitative estimate of drug-likeness (QED) is 0.748. The van der Waals surface area contributed by atoms with Gasteiger partial charge in [0.15, 0.2) is 0 Å². The number of nitrogens with two attached hydrogens (primary N) is 1. The molecule has 0 saturated heterocycles. The molecular formula is C15H15NO5. The number of furan rings is 1. The van der Waals surface area contributed by atoms with E-state index in [2.05, 4.69) is 0 Å². The highest BCUT2D eigenvalue weighted by atomic mass is 16.4. The van der Waals surface area contributed by atoms with Crippen molar-refractivity contribution in [3.63, 3.8) is 0 Å². The second-order valence-electron chi connectivity index (χ2n) is 4.67. The van der Waals surface area contributed by atoms with Crippen LogP contribution in [0.3, 0.4) is 0 Å². The maximum atomic E-state index is 11.4. The zero-order valence-corrected chi connectivity index (χ0v) is 11.1. The summed E-state index contributed by atoms with van der Waals surface area (Å²) >= 11 is 0. The topological polar surface area (TPSA) is 114 Å². The fourth-order valence-electron chi connectivity index (χ4n) is 2.09. The molecule has 0 fully saturated rings. The van der Waals surface area contributed by atoms with Gasteiger partial charge in [0.05, 0.1) is 12.2 Å². The van der Waals surface area contributed by atoms with Crippen LogP contribution in [-0.4, -0.2) is 28.2 Å². The van der Waals surface area contributed by atoms with Crippen LogP contribution < -0.4 is 5.73 Å². The van der Waals surface area contributed by atoms with Gasteiger partial charge in [0.2, 0.25) is 0 Å². The molecule has 1 aromatic heterocycles. The predicted octanol–water partition coefficient (Wildman–Crippen LogP) is 1.92. The lowest BCUT2D eigenvalue weighted by atomic mass is 9.91. The maximum absolute atomic E-state index is 11.4. The molecule has 2 aromatic rings. The van der Waals surface area contributed by atoms with Crippen molar-refractivity contribution in [2.45, 2.75) is 18.4 Å². The highest BCUT2D eigenvalue weighted by Crippen LogP contribution is 2.27. The van der Waals surface area contributed by atoms with Crippen LogP contribution in [0.15, 0.2) is 47.1 Å². The number of hydrogen-bond acceptors (Lipinski definition) is 4. The van der Waals surface area contributed by atoms with E-state index < -0.39 is 23.9 Å². The Hall–Kier alpha value is -2.60. The normalized spacial score (nSPS) is 13.6. The Morgan fingerprint density at radius 3 is 2.48 bits per heavy atom. The lowest BCUT2D eigenvalue weighted by molar-refractivity contribution is -0.141. The minimum absolute atomic E-state index is 0.174. The van der Waals surface area contributed by atoms with Crippen molar-refractivity contribution in [3.8, 4) is 11.3 Å². The Labute approximate surface area is 120 Å². The summed E-state index contributed by atoms with van der Waals surface area (Å²) in [5, 5.41) is 18.1. The third-order valence-electron chi connectivity index (χ3n) is 3.20. The van der Waals surface area contributed by atoms with Crippen LogP contribution in [0.2, 0.25) is 0 Å². The molecule has 4 N–H and O–H groups in total. The number of benzene rings is 1. The van der Waals surface area contributed by atoms with Crippen LogP contribution in [0, 0.1) is 0 Å². The van der Waals surface area contributed by atoms with E-state index in [4.69, 9.17) is 15.3 Å². The van der Waals surface area contributed by atoms with E-state index in [-0.39, 0.29) is 6.42 Å². The molecule has 1 heterocycles. The highest BCUT2D eigenvalue weighted by molar-refractivity contribution is 5.79. The van der Waals surface area contributed by atoms with E-state index in [1.165, 1.54) is 6.26 Å². The molecule has 2 atom stereocenters. The Bertz CT molecular complexity index is 635. The lowest BCUT2D eigenvalue weighted by Crippen LogP contribution is -2.33. The van der Waals surface area contributed by atoms with Crippen molar-refractivity contribution in [1.82, 2.24) is 0 Å². The molecule has 0 aliphatic heterocycles. The first-order chi connectivity index (χ1) is 9.99. The fourth-order valence-corrected chi connectivity index (χ4v) is 2.09. The molecular weight excluding hydrogens is 274 g/mol. The summed E-state index contributed by atoms with van der Waals surface area (Å²) in [6.45, 7) is 0. The largest absolute Gasteiger partial charge is 0.481 e. The van der Waals surface area contributed by atoms with E-state index in [1.54, 1.807) is 36.4 Å². The Balaban J connectivity index is 2.31. The SMILES string of the molecule is N[C@H](C[C@H](C(=O)O)c1cccc(-c2ccco2)c1)C(=O)O. The van der Waals surface area contributed by atoms with Gasteiger partial charge in [-0.2, -0.15) is 0 Å². The summed E-state index contributed by atoms with van der Waals surface area (Å²) < 4.78 is 5.27. The van der Waals surface area contributed by atoms with Crippen molar-refractivity contribution in [2.24, 2.45) is 5.73 Å². The summed E-state index contributed by atoms with van der Waals surface area (Å²) in [6.07, 6.45) is 1.35. The van der Waals surface area contributed by atoms with Gasteiger partial charge < -0.3 is 20.4 Å². The summed E-state index contributed by atoms with van der Waals surface area (Å²) in [4.78, 5) is 22.2. The molecule has 0 aliphatic carbocycles. The number of aliphatic carboxylic acids is 2. The van der Waals surface area contributed by atoms with Gasteiger partial charge in [-0.05, 0) is 30.2 Å². The van der Waals surface area contributed by atoms with Crippen LogP contribution in [0.4, 0.5) is 0 Å². The molecule has 21 heavy (non-hydrogen) atoms. The number of carboxylic acids is 2. The second kappa shape index (κ2) is 6.23. The molecule has 0 radical (unpaired) electrons. The van der Waals surface area contributed by atoms with Crippen molar-refractivity contribution in [2.75, 3.05) is 0 Å². The van der Waals surface area contributed by atoms with Gasteiger partial charge in [0.1, 0.15) is 11.8 Å². The molecule has 2 rings (SSSR count). The number of hydrogen-bond donors (Lipinski definition) is 3. The summed E-state index contributed by atoms with van der Waals surface area (Å²) in [6, 6.07) is 9.08. The zero-order valence-electron chi connectivity index (χ0n) is 11.1. The van der Waals surface area contributed by atoms with Crippen molar-refractivity contribution in [1.29, 1.82) is 0 Å². The number of rotatable bonds is 6. The summed E-state index contributed by atoms with van der Waals surface area (Å²) in [7, 11) is 0. The minimum Gasteiger partial charge on any atom is -0.481 e. The third-order valence-corrected chi connectivity index (χ3v) is 3.20. The predicted molar refractivity (Wildman–Crippen MR) is 74.7 cm³/mol. The van der Waals surface area contributed by atoms with Crippen LogP contribution in [-0.2, 0) is 9.59 Å². The van der Waals surface area contributed by atoms with Crippen LogP contribution in [0.1, 0.15) is 17.9 Å². The number of carbonyl (C=O) groups is 2. The fraction of sp³-hybridized carbons (Fsp3) is 0.200. The second-order valence-corrected chi connectivity index (χ2v) is 4.67. The Morgan fingerprint density at radius 1 is 1.14 bits per heavy atom. The van der Waals surface area contributed by atoms with Gasteiger partial charge in [-0.1, -0.05) is 18.2 Å². The van der Waals surface area contributed by atoms with Crippen LogP contribution in [0.25, 0.3) is 11.3 Å². The summed E-state index contributed by atoms with van der Waals surface area (Å²) in [5.74, 6) is -2.69. The average Bonchev–Trinajstić information content (AvgIpc) is 2.98. The van der Waals surface area contributed by atoms with Crippen molar-refractivity contribution in [3.05, 3.63) is 48.2 Å². The molecule has 1 aromatic carbocycles. The first-order valence-corrected chi connectivity index (χ1v) is 6.34. The van der Waals surface area contributed by atoms with Gasteiger partial charge in [0.25, 0.3) is 0 Å². The van der Waals surface area contributed by atoms with Crippen molar-refractivity contribution >= 4 is 11.9 Å². The van der Waals surface area contributed by atoms with Gasteiger partial charge in [0, 0.05) is 5.56 Å². The van der Waals surface area contributed by atoms with Crippen LogP contribution >= 0.6 is 0 Å². The Kier molecular flexibility index (Phi) is 4.39. The first kappa shape index (κ1) is 14.8. The standard InChI is InChI=1S/C15H15NO5/c16-12(15(19)20)8-11(14(17)18)9-3-1-4-10(7-9)13-5-2-6-21-13/h1-7,11-12H,8,16H2,(H,17,18)(H,19,20)/t11-,12+/m0/s1. The lowest BCUT2D eigenvalue weighted by Gasteiger charge is -2.16. The molecule has 0 aliphatic rings. The summed E-state index contributed by atoms with van der Waals surface area (Å²) in [5.41, 5.74) is 6.67. The van der Waals surface area contributed by atoms with E-state index in [0.29, 0.717) is 11.3 Å². The maximum Gasteiger partial charge on any atom is 0.320 e. The van der Waals surface area contributed by atoms with Gasteiger partial charge in [-0.25, -0.2) is 0 Å². The molecule has 6 nitrogen and oxygen atoms in total. The molecule has 110 valence electrons. The van der Waals surface area contributed by atoms with Gasteiger partial charge >= 0.3 is 11.9 Å². The molecule has 0 saturated carbocycles. The molecule has 0 amide bonds. The molecule has 6 heteroatoms. The number of carboxylic acid groups (broad SMARTS) is 2. The minimum atomic E-state index is -1.22. The van der Waals surface area contributed by atoms with E-state index in [0.717, 1.165) is 5.56 Å². The first-order valence-electron chi connectivity index (χ1n) is 6.34. The zero-order chi connectivity index (χ0) is 15.4. The van der Waals surface area contributed by atoms with Gasteiger partial charge in [-0.15, -0.1) is 0 Å². The van der Waals surface area contributed by atoms with E-state index >= 15 is 0 Å². The van der Waals surface area contributed by atoms with Gasteiger partial charge in [-0.3, -0.25) is 9.59 Å².